The number of aromatic nitrogens is 1. The smallest absolute Gasteiger partial charge is 0.252 e. The Hall–Kier alpha value is -2.40. The van der Waals surface area contributed by atoms with Crippen molar-refractivity contribution in [2.45, 2.75) is 26.6 Å². The van der Waals surface area contributed by atoms with Crippen molar-refractivity contribution in [2.75, 3.05) is 5.32 Å². The molecule has 0 atom stereocenters. The van der Waals surface area contributed by atoms with Crippen molar-refractivity contribution in [3.05, 3.63) is 58.3 Å². The van der Waals surface area contributed by atoms with Crippen LogP contribution in [0.15, 0.2) is 30.3 Å². The first-order chi connectivity index (χ1) is 10.1. The molecule has 108 valence electrons. The maximum Gasteiger partial charge on any atom is 0.252 e. The number of pyridine rings is 1. The van der Waals surface area contributed by atoms with Gasteiger partial charge in [-0.15, -0.1) is 0 Å². The Kier molecular flexibility index (Phi) is 3.58. The molecule has 1 amide bonds. The molecule has 0 saturated heterocycles. The number of benzene rings is 1. The number of amides is 1. The minimum atomic E-state index is -0.469. The molecule has 3 rings (SSSR count). The monoisotopic (exact) mass is 282 g/mol. The van der Waals surface area contributed by atoms with Crippen LogP contribution < -0.4 is 16.4 Å². The number of carbonyl (C=O) groups is 1. The first-order valence-corrected chi connectivity index (χ1v) is 6.96. The van der Waals surface area contributed by atoms with E-state index in [1.165, 1.54) is 11.1 Å². The summed E-state index contributed by atoms with van der Waals surface area (Å²) in [5.74, 6) is 0.0734. The molecule has 0 fully saturated rings. The molecule has 1 aromatic carbocycles. The second-order valence-electron chi connectivity index (χ2n) is 5.27. The molecule has 0 unspecified atom stereocenters. The highest BCUT2D eigenvalue weighted by atomic mass is 16.1. The normalized spacial score (nSPS) is 13.0. The average molecular weight is 282 g/mol. The summed E-state index contributed by atoms with van der Waals surface area (Å²) in [5.41, 5.74) is 10.5. The van der Waals surface area contributed by atoms with E-state index >= 15 is 0 Å². The Morgan fingerprint density at radius 2 is 2.10 bits per heavy atom. The Bertz CT molecular complexity index is 697. The molecular weight excluding hydrogens is 264 g/mol. The summed E-state index contributed by atoms with van der Waals surface area (Å²) < 4.78 is 0. The van der Waals surface area contributed by atoms with Crippen LogP contribution in [-0.2, 0) is 19.6 Å². The van der Waals surface area contributed by atoms with Gasteiger partial charge in [0.05, 0.1) is 5.56 Å². The molecule has 0 radical (unpaired) electrons. The maximum atomic E-state index is 11.4. The fourth-order valence-corrected chi connectivity index (χ4v) is 2.53. The number of hydrogen-bond donors (Lipinski definition) is 3. The molecule has 0 spiro atoms. The van der Waals surface area contributed by atoms with Gasteiger partial charge in [0.2, 0.25) is 0 Å². The molecule has 4 N–H and O–H groups in total. The Morgan fingerprint density at radius 1 is 1.29 bits per heavy atom. The maximum absolute atomic E-state index is 11.4. The lowest BCUT2D eigenvalue weighted by Gasteiger charge is -2.11. The predicted molar refractivity (Wildman–Crippen MR) is 81.8 cm³/mol. The number of aryl methyl sites for hydroxylation is 1. The van der Waals surface area contributed by atoms with Gasteiger partial charge < -0.3 is 16.4 Å². The molecule has 0 bridgehead atoms. The average Bonchev–Trinajstić information content (AvgIpc) is 2.92. The lowest BCUT2D eigenvalue weighted by atomic mass is 10.1. The van der Waals surface area contributed by atoms with E-state index in [1.54, 1.807) is 12.1 Å². The number of carbonyl (C=O) groups excluding carboxylic acids is 1. The number of primary amides is 1. The SMILES string of the molecule is Cc1ccc(C(N)=O)c(NCc2ccc3c(c2)CNC3)n1. The molecule has 1 aliphatic heterocycles. The fourth-order valence-electron chi connectivity index (χ4n) is 2.53. The minimum Gasteiger partial charge on any atom is -0.365 e. The number of fused-ring (bicyclic) bond motifs is 1. The van der Waals surface area contributed by atoms with E-state index in [0.717, 1.165) is 24.3 Å². The van der Waals surface area contributed by atoms with Crippen LogP contribution >= 0.6 is 0 Å². The number of nitrogens with zero attached hydrogens (tertiary/aromatic N) is 1. The van der Waals surface area contributed by atoms with E-state index in [2.05, 4.69) is 33.8 Å². The summed E-state index contributed by atoms with van der Waals surface area (Å²) >= 11 is 0. The molecule has 0 aliphatic carbocycles. The van der Waals surface area contributed by atoms with Crippen molar-refractivity contribution in [1.29, 1.82) is 0 Å². The summed E-state index contributed by atoms with van der Waals surface area (Å²) in [4.78, 5) is 15.8. The molecule has 2 heterocycles. The second kappa shape index (κ2) is 5.54. The summed E-state index contributed by atoms with van der Waals surface area (Å²) in [6.07, 6.45) is 0. The van der Waals surface area contributed by atoms with Crippen molar-refractivity contribution >= 4 is 11.7 Å². The molecule has 5 heteroatoms. The van der Waals surface area contributed by atoms with Crippen LogP contribution in [0.2, 0.25) is 0 Å². The van der Waals surface area contributed by atoms with Gasteiger partial charge in [0.25, 0.3) is 5.91 Å². The van der Waals surface area contributed by atoms with Crippen molar-refractivity contribution in [3.8, 4) is 0 Å². The van der Waals surface area contributed by atoms with Gasteiger partial charge in [0.15, 0.2) is 0 Å². The lowest BCUT2D eigenvalue weighted by molar-refractivity contribution is 0.100. The van der Waals surface area contributed by atoms with Gasteiger partial charge in [0.1, 0.15) is 5.82 Å². The van der Waals surface area contributed by atoms with E-state index in [9.17, 15) is 4.79 Å². The van der Waals surface area contributed by atoms with Gasteiger partial charge in [-0.1, -0.05) is 18.2 Å². The number of anilines is 1. The van der Waals surface area contributed by atoms with E-state index in [0.29, 0.717) is 17.9 Å². The highest BCUT2D eigenvalue weighted by molar-refractivity contribution is 5.97. The largest absolute Gasteiger partial charge is 0.365 e. The van der Waals surface area contributed by atoms with Gasteiger partial charge in [-0.3, -0.25) is 4.79 Å². The Balaban J connectivity index is 1.78. The zero-order chi connectivity index (χ0) is 14.8. The van der Waals surface area contributed by atoms with Crippen LogP contribution in [0.4, 0.5) is 5.82 Å². The van der Waals surface area contributed by atoms with Crippen LogP contribution in [0, 0.1) is 6.92 Å². The molecule has 0 saturated carbocycles. The predicted octanol–water partition coefficient (Wildman–Crippen LogP) is 1.70. The van der Waals surface area contributed by atoms with E-state index < -0.39 is 5.91 Å². The highest BCUT2D eigenvalue weighted by Gasteiger charge is 2.12. The fraction of sp³-hybridized carbons (Fsp3) is 0.250. The molecule has 2 aromatic rings. The minimum absolute atomic E-state index is 0.420. The van der Waals surface area contributed by atoms with Crippen LogP contribution in [0.1, 0.15) is 32.7 Å². The van der Waals surface area contributed by atoms with E-state index in [4.69, 9.17) is 5.73 Å². The first kappa shape index (κ1) is 13.6. The lowest BCUT2D eigenvalue weighted by Crippen LogP contribution is -2.16. The van der Waals surface area contributed by atoms with Crippen molar-refractivity contribution < 1.29 is 4.79 Å². The third kappa shape index (κ3) is 2.87. The van der Waals surface area contributed by atoms with Crippen molar-refractivity contribution in [2.24, 2.45) is 5.73 Å². The number of nitrogens with two attached hydrogens (primary N) is 1. The summed E-state index contributed by atoms with van der Waals surface area (Å²) in [6, 6.07) is 9.91. The van der Waals surface area contributed by atoms with E-state index in [1.807, 2.05) is 6.92 Å². The summed E-state index contributed by atoms with van der Waals surface area (Å²) in [6.45, 7) is 4.35. The zero-order valence-corrected chi connectivity index (χ0v) is 11.9. The molecule has 21 heavy (non-hydrogen) atoms. The van der Waals surface area contributed by atoms with Crippen molar-refractivity contribution in [3.63, 3.8) is 0 Å². The van der Waals surface area contributed by atoms with Gasteiger partial charge in [-0.05, 0) is 35.7 Å². The Labute approximate surface area is 123 Å². The van der Waals surface area contributed by atoms with E-state index in [-0.39, 0.29) is 0 Å². The van der Waals surface area contributed by atoms with Crippen LogP contribution in [0.25, 0.3) is 0 Å². The standard InChI is InChI=1S/C16H18N4O/c1-10-2-5-14(15(17)21)16(20-10)19-7-11-3-4-12-8-18-9-13(12)6-11/h2-6,18H,7-9H2,1H3,(H2,17,21)(H,19,20). The Morgan fingerprint density at radius 3 is 2.90 bits per heavy atom. The van der Waals surface area contributed by atoms with Crippen LogP contribution in [0.5, 0.6) is 0 Å². The molecular formula is C16H18N4O. The summed E-state index contributed by atoms with van der Waals surface area (Å²) in [5, 5.41) is 6.54. The quantitative estimate of drug-likeness (QED) is 0.797. The number of rotatable bonds is 4. The van der Waals surface area contributed by atoms with Gasteiger partial charge in [-0.25, -0.2) is 4.98 Å². The van der Waals surface area contributed by atoms with Gasteiger partial charge in [-0.2, -0.15) is 0 Å². The molecule has 1 aromatic heterocycles. The third-order valence-electron chi connectivity index (χ3n) is 3.66. The zero-order valence-electron chi connectivity index (χ0n) is 11.9. The highest BCUT2D eigenvalue weighted by Crippen LogP contribution is 2.19. The first-order valence-electron chi connectivity index (χ1n) is 6.96. The molecule has 5 nitrogen and oxygen atoms in total. The second-order valence-corrected chi connectivity index (χ2v) is 5.27. The topological polar surface area (TPSA) is 80.0 Å². The third-order valence-corrected chi connectivity index (χ3v) is 3.66. The van der Waals surface area contributed by atoms with Crippen molar-refractivity contribution in [1.82, 2.24) is 10.3 Å². The molecule has 1 aliphatic rings. The number of hydrogen-bond acceptors (Lipinski definition) is 4. The number of nitrogens with one attached hydrogen (secondary N) is 2. The van der Waals surface area contributed by atoms with Gasteiger partial charge in [0, 0.05) is 25.3 Å². The van der Waals surface area contributed by atoms with Crippen LogP contribution in [-0.4, -0.2) is 10.9 Å². The van der Waals surface area contributed by atoms with Crippen LogP contribution in [0.3, 0.4) is 0 Å². The summed E-state index contributed by atoms with van der Waals surface area (Å²) in [7, 11) is 0. The van der Waals surface area contributed by atoms with Gasteiger partial charge >= 0.3 is 0 Å².